The number of fused-ring (bicyclic) bond motifs is 3. The van der Waals surface area contributed by atoms with Gasteiger partial charge in [0.05, 0.1) is 33.0 Å². The van der Waals surface area contributed by atoms with Crippen molar-refractivity contribution in [1.29, 1.82) is 0 Å². The predicted molar refractivity (Wildman–Crippen MR) is 265 cm³/mol. The number of likely N-dealkylation sites (tertiary alicyclic amines) is 1. The summed E-state index contributed by atoms with van der Waals surface area (Å²) in [6.45, 7) is 2.70. The molecule has 2 fully saturated rings. The van der Waals surface area contributed by atoms with E-state index >= 15 is 0 Å². The van der Waals surface area contributed by atoms with Crippen LogP contribution in [0.5, 0.6) is 0 Å². The van der Waals surface area contributed by atoms with Gasteiger partial charge in [0.2, 0.25) is 23.6 Å². The third kappa shape index (κ3) is 13.6. The molecule has 71 heavy (non-hydrogen) atoms. The van der Waals surface area contributed by atoms with Crippen molar-refractivity contribution in [3.05, 3.63) is 131 Å². The van der Waals surface area contributed by atoms with Crippen LogP contribution in [0.4, 0.5) is 4.79 Å². The van der Waals surface area contributed by atoms with Gasteiger partial charge in [-0.05, 0) is 71.9 Å². The third-order valence-corrected chi connectivity index (χ3v) is 13.9. The number of aliphatic carboxylic acids is 1. The van der Waals surface area contributed by atoms with Crippen LogP contribution in [-0.4, -0.2) is 141 Å². The minimum absolute atomic E-state index is 0.0923. The number of rotatable bonds is 24. The average Bonchev–Trinajstić information content (AvgIpc) is 4.02. The van der Waals surface area contributed by atoms with E-state index in [-0.39, 0.29) is 63.9 Å². The molecule has 4 aromatic carbocycles. The van der Waals surface area contributed by atoms with Gasteiger partial charge in [0.1, 0.15) is 37.4 Å². The van der Waals surface area contributed by atoms with E-state index in [1.54, 1.807) is 11.8 Å². The molecular weight excluding hydrogens is 907 g/mol. The van der Waals surface area contributed by atoms with Gasteiger partial charge in [-0.1, -0.05) is 128 Å². The lowest BCUT2D eigenvalue weighted by molar-refractivity contribution is -0.144. The molecule has 0 bridgehead atoms. The highest BCUT2D eigenvalue weighted by molar-refractivity contribution is 5.96. The summed E-state index contributed by atoms with van der Waals surface area (Å²) in [5.74, 6) is -3.78. The second-order valence-corrected chi connectivity index (χ2v) is 18.4. The monoisotopic (exact) mass is 973 g/mol. The summed E-state index contributed by atoms with van der Waals surface area (Å²) >= 11 is 0. The van der Waals surface area contributed by atoms with Crippen LogP contribution < -0.4 is 16.0 Å². The van der Waals surface area contributed by atoms with Gasteiger partial charge in [-0.3, -0.25) is 24.1 Å². The number of carbonyl (C=O) groups is 6. The number of likely N-dealkylation sites (N-methyl/N-ethyl adjacent to an activating group) is 1. The Labute approximate surface area is 415 Å². The second kappa shape index (κ2) is 26.0. The molecule has 2 aliphatic carbocycles. The molecule has 16 heteroatoms. The number of carboxylic acids is 1. The van der Waals surface area contributed by atoms with E-state index in [4.69, 9.17) is 24.1 Å². The standard InChI is InChI=1S/C55H67N5O11/c1-37(59(2)55(67)71-35-45-43-25-14-12-23-41(43)42-24-13-15-26-44(42)45)51(63)57-49(40-21-10-5-11-22-40)54(66)60-29-16-27-46(60)52(64)58-50(48(38-17-6-3-7-18-38)39-19-8-4-9-20-39)53(65)56-28-30-68-31-32-69-33-34-70-36-47(61)62/h3-4,6-9,12-15,17-20,23-26,37,40,45-46,48-50H,5,10-11,16,21-22,27-36H2,1-2H3,(H,56,65)(H,57,63)(H,58,64)(H,61,62)/t37-,46-,49-,50-/m0/s1. The van der Waals surface area contributed by atoms with Crippen molar-refractivity contribution in [1.82, 2.24) is 25.8 Å². The zero-order valence-corrected chi connectivity index (χ0v) is 40.7. The first-order valence-corrected chi connectivity index (χ1v) is 24.8. The van der Waals surface area contributed by atoms with Gasteiger partial charge < -0.3 is 44.9 Å². The Kier molecular flexibility index (Phi) is 19.1. The maximum absolute atomic E-state index is 14.9. The van der Waals surface area contributed by atoms with Gasteiger partial charge in [0.15, 0.2) is 0 Å². The molecule has 1 saturated carbocycles. The highest BCUT2D eigenvalue weighted by Crippen LogP contribution is 2.44. The van der Waals surface area contributed by atoms with E-state index < -0.39 is 66.5 Å². The number of carbonyl (C=O) groups excluding carboxylic acids is 5. The summed E-state index contributed by atoms with van der Waals surface area (Å²) in [4.78, 5) is 85.1. The third-order valence-electron chi connectivity index (χ3n) is 13.9. The Balaban J connectivity index is 1.01. The van der Waals surface area contributed by atoms with Crippen LogP contribution in [0, 0.1) is 5.92 Å². The van der Waals surface area contributed by atoms with Gasteiger partial charge in [-0.25, -0.2) is 9.59 Å². The fourth-order valence-electron chi connectivity index (χ4n) is 10.0. The molecule has 4 aromatic rings. The number of carboxylic acid groups (broad SMARTS) is 1. The van der Waals surface area contributed by atoms with Crippen molar-refractivity contribution >= 4 is 35.7 Å². The highest BCUT2D eigenvalue weighted by atomic mass is 16.6. The van der Waals surface area contributed by atoms with Crippen LogP contribution in [-0.2, 0) is 42.9 Å². The lowest BCUT2D eigenvalue weighted by atomic mass is 9.83. The Morgan fingerprint density at radius 2 is 1.24 bits per heavy atom. The molecule has 1 heterocycles. The van der Waals surface area contributed by atoms with E-state index in [1.807, 2.05) is 97.1 Å². The fraction of sp³-hybridized carbons (Fsp3) is 0.455. The van der Waals surface area contributed by atoms with E-state index in [1.165, 1.54) is 11.9 Å². The minimum atomic E-state index is -1.10. The highest BCUT2D eigenvalue weighted by Gasteiger charge is 2.43. The molecule has 5 amide bonds. The first kappa shape index (κ1) is 52.2. The SMILES string of the molecule is C[C@@H](C(=O)N[C@H](C(=O)N1CCC[C@H]1C(=O)N[C@H](C(=O)NCCOCCOCCOCC(=O)O)C(c1ccccc1)c1ccccc1)C1CCCCC1)N(C)C(=O)OCC1c2ccccc2-c2ccccc21. The molecule has 0 aromatic heterocycles. The van der Waals surface area contributed by atoms with Crippen LogP contribution in [0.2, 0.25) is 0 Å². The number of nitrogens with one attached hydrogen (secondary N) is 3. The quantitative estimate of drug-likeness (QED) is 0.0612. The van der Waals surface area contributed by atoms with Crippen molar-refractivity contribution < 1.29 is 52.8 Å². The smallest absolute Gasteiger partial charge is 0.410 e. The Hall–Kier alpha value is -6.62. The van der Waals surface area contributed by atoms with Crippen LogP contribution in [0.1, 0.15) is 86.0 Å². The molecule has 4 atom stereocenters. The zero-order valence-electron chi connectivity index (χ0n) is 40.7. The van der Waals surface area contributed by atoms with Gasteiger partial charge in [-0.15, -0.1) is 0 Å². The molecule has 0 spiro atoms. The lowest BCUT2D eigenvalue weighted by Gasteiger charge is -2.36. The molecule has 16 nitrogen and oxygen atoms in total. The van der Waals surface area contributed by atoms with E-state index in [9.17, 15) is 28.8 Å². The Morgan fingerprint density at radius 1 is 0.676 bits per heavy atom. The van der Waals surface area contributed by atoms with Crippen molar-refractivity contribution in [3.63, 3.8) is 0 Å². The summed E-state index contributed by atoms with van der Waals surface area (Å²) in [5.41, 5.74) is 5.96. The molecule has 0 unspecified atom stereocenters. The summed E-state index contributed by atoms with van der Waals surface area (Å²) in [6.07, 6.45) is 4.49. The molecule has 7 rings (SSSR count). The van der Waals surface area contributed by atoms with Crippen molar-refractivity contribution in [2.24, 2.45) is 5.92 Å². The number of hydrogen-bond acceptors (Lipinski definition) is 10. The van der Waals surface area contributed by atoms with Gasteiger partial charge in [0, 0.05) is 32.0 Å². The number of ether oxygens (including phenoxy) is 4. The fourth-order valence-corrected chi connectivity index (χ4v) is 10.0. The van der Waals surface area contributed by atoms with Crippen LogP contribution >= 0.6 is 0 Å². The minimum Gasteiger partial charge on any atom is -0.480 e. The molecule has 3 aliphatic rings. The van der Waals surface area contributed by atoms with E-state index in [2.05, 4.69) is 28.1 Å². The molecule has 378 valence electrons. The average molecular weight is 974 g/mol. The summed E-state index contributed by atoms with van der Waals surface area (Å²) in [5, 5.41) is 17.8. The Bertz CT molecular complexity index is 2330. The molecule has 1 saturated heterocycles. The van der Waals surface area contributed by atoms with Crippen LogP contribution in [0.25, 0.3) is 11.1 Å². The van der Waals surface area contributed by atoms with Crippen LogP contribution in [0.15, 0.2) is 109 Å². The number of amides is 5. The summed E-state index contributed by atoms with van der Waals surface area (Å²) in [7, 11) is 1.52. The first-order chi connectivity index (χ1) is 34.5. The molecular formula is C55H67N5O11. The maximum atomic E-state index is 14.9. The van der Waals surface area contributed by atoms with Gasteiger partial charge in [-0.2, -0.15) is 0 Å². The van der Waals surface area contributed by atoms with Crippen molar-refractivity contribution in [2.45, 2.75) is 87.9 Å². The van der Waals surface area contributed by atoms with Crippen molar-refractivity contribution in [3.8, 4) is 11.1 Å². The number of benzene rings is 4. The molecule has 0 radical (unpaired) electrons. The maximum Gasteiger partial charge on any atom is 0.410 e. The molecule has 4 N–H and O–H groups in total. The zero-order chi connectivity index (χ0) is 50.1. The normalized spacial score (nSPS) is 16.8. The topological polar surface area (TPSA) is 202 Å². The second-order valence-electron chi connectivity index (χ2n) is 18.4. The Morgan fingerprint density at radius 3 is 1.85 bits per heavy atom. The van der Waals surface area contributed by atoms with E-state index in [0.717, 1.165) is 65.5 Å². The van der Waals surface area contributed by atoms with Crippen molar-refractivity contribution in [2.75, 3.05) is 66.4 Å². The number of nitrogens with zero attached hydrogens (tertiary/aromatic N) is 2. The van der Waals surface area contributed by atoms with E-state index in [0.29, 0.717) is 19.4 Å². The lowest BCUT2D eigenvalue weighted by Crippen LogP contribution is -2.60. The van der Waals surface area contributed by atoms with Gasteiger partial charge >= 0.3 is 12.1 Å². The first-order valence-electron chi connectivity index (χ1n) is 24.8. The summed E-state index contributed by atoms with van der Waals surface area (Å²) < 4.78 is 21.9. The molecule has 1 aliphatic heterocycles. The number of hydrogen-bond donors (Lipinski definition) is 4. The predicted octanol–water partition coefficient (Wildman–Crippen LogP) is 5.88. The van der Waals surface area contributed by atoms with Crippen LogP contribution in [0.3, 0.4) is 0 Å². The van der Waals surface area contributed by atoms with Gasteiger partial charge in [0.25, 0.3) is 0 Å². The largest absolute Gasteiger partial charge is 0.480 e. The summed E-state index contributed by atoms with van der Waals surface area (Å²) in [6, 6.07) is 31.1.